The number of pyridine rings is 1. The zero-order valence-corrected chi connectivity index (χ0v) is 14.2. The quantitative estimate of drug-likeness (QED) is 0.826. The van der Waals surface area contributed by atoms with E-state index in [1.54, 1.807) is 0 Å². The average Bonchev–Trinajstić information content (AvgIpc) is 2.29. The zero-order valence-electron chi connectivity index (χ0n) is 14.2. The number of nitrogens with one attached hydrogen (secondary N) is 1. The van der Waals surface area contributed by atoms with Gasteiger partial charge in [-0.3, -0.25) is 0 Å². The van der Waals surface area contributed by atoms with Crippen LogP contribution < -0.4 is 10.2 Å². The molecule has 0 aliphatic rings. The van der Waals surface area contributed by atoms with Crippen LogP contribution in [0.3, 0.4) is 0 Å². The summed E-state index contributed by atoms with van der Waals surface area (Å²) < 4.78 is 0. The molecular formula is C17H31N3. The fourth-order valence-electron chi connectivity index (χ4n) is 2.50. The Balaban J connectivity index is 2.95. The lowest BCUT2D eigenvalue weighted by Crippen LogP contribution is -2.27. The van der Waals surface area contributed by atoms with Gasteiger partial charge in [0, 0.05) is 31.4 Å². The van der Waals surface area contributed by atoms with Crippen LogP contribution >= 0.6 is 0 Å². The van der Waals surface area contributed by atoms with Crippen LogP contribution in [0.4, 0.5) is 5.82 Å². The molecule has 0 aromatic carbocycles. The minimum Gasteiger partial charge on any atom is -0.359 e. The summed E-state index contributed by atoms with van der Waals surface area (Å²) in [6, 6.07) is 2.18. The zero-order chi connectivity index (χ0) is 15.3. The number of rotatable bonds is 7. The number of aromatic nitrogens is 1. The van der Waals surface area contributed by atoms with E-state index in [1.807, 2.05) is 0 Å². The molecule has 0 spiro atoms. The van der Waals surface area contributed by atoms with Crippen LogP contribution in [0.1, 0.15) is 44.5 Å². The Labute approximate surface area is 124 Å². The molecule has 1 heterocycles. The van der Waals surface area contributed by atoms with E-state index in [1.165, 1.54) is 11.1 Å². The normalized spacial score (nSPS) is 11.4. The van der Waals surface area contributed by atoms with Crippen LogP contribution in [0.2, 0.25) is 0 Å². The van der Waals surface area contributed by atoms with Crippen molar-refractivity contribution in [1.29, 1.82) is 0 Å². The van der Waals surface area contributed by atoms with Gasteiger partial charge in [0.1, 0.15) is 5.82 Å². The molecule has 114 valence electrons. The molecule has 1 rings (SSSR count). The van der Waals surface area contributed by atoms with Gasteiger partial charge in [0.2, 0.25) is 0 Å². The molecule has 0 aliphatic heterocycles. The molecule has 0 fully saturated rings. The van der Waals surface area contributed by atoms with Crippen molar-refractivity contribution >= 4 is 5.82 Å². The number of nitrogens with zero attached hydrogens (tertiary/aromatic N) is 2. The van der Waals surface area contributed by atoms with E-state index < -0.39 is 0 Å². The maximum atomic E-state index is 4.77. The Hall–Kier alpha value is -1.09. The smallest absolute Gasteiger partial charge is 0.133 e. The summed E-state index contributed by atoms with van der Waals surface area (Å²) in [5.74, 6) is 2.44. The van der Waals surface area contributed by atoms with E-state index in [0.717, 1.165) is 31.1 Å². The minimum absolute atomic E-state index is 0.638. The summed E-state index contributed by atoms with van der Waals surface area (Å²) in [4.78, 5) is 7.06. The SMILES string of the molecule is Cc1cc(C)c(CNCC(C)C)c(N(C)CC(C)C)n1. The van der Waals surface area contributed by atoms with Gasteiger partial charge in [-0.25, -0.2) is 4.98 Å². The number of hydrogen-bond acceptors (Lipinski definition) is 3. The summed E-state index contributed by atoms with van der Waals surface area (Å²) in [5.41, 5.74) is 3.76. The molecule has 3 nitrogen and oxygen atoms in total. The second kappa shape index (κ2) is 7.63. The topological polar surface area (TPSA) is 28.2 Å². The van der Waals surface area contributed by atoms with Crippen LogP contribution in [0.15, 0.2) is 6.07 Å². The third-order valence-corrected chi connectivity index (χ3v) is 3.31. The lowest BCUT2D eigenvalue weighted by molar-refractivity contribution is 0.549. The van der Waals surface area contributed by atoms with E-state index in [2.05, 4.69) is 64.9 Å². The average molecular weight is 277 g/mol. The van der Waals surface area contributed by atoms with Crippen molar-refractivity contribution in [2.24, 2.45) is 11.8 Å². The minimum atomic E-state index is 0.638. The van der Waals surface area contributed by atoms with Gasteiger partial charge in [-0.15, -0.1) is 0 Å². The van der Waals surface area contributed by atoms with E-state index >= 15 is 0 Å². The van der Waals surface area contributed by atoms with Crippen LogP contribution in [-0.4, -0.2) is 25.1 Å². The predicted molar refractivity (Wildman–Crippen MR) is 88.4 cm³/mol. The third-order valence-electron chi connectivity index (χ3n) is 3.31. The van der Waals surface area contributed by atoms with Gasteiger partial charge in [-0.2, -0.15) is 0 Å². The van der Waals surface area contributed by atoms with Crippen molar-refractivity contribution in [3.63, 3.8) is 0 Å². The second-order valence-corrected chi connectivity index (χ2v) is 6.68. The molecule has 20 heavy (non-hydrogen) atoms. The summed E-state index contributed by atoms with van der Waals surface area (Å²) in [6.45, 7) is 16.2. The first-order chi connectivity index (χ1) is 9.31. The van der Waals surface area contributed by atoms with Crippen molar-refractivity contribution < 1.29 is 0 Å². The second-order valence-electron chi connectivity index (χ2n) is 6.68. The first-order valence-corrected chi connectivity index (χ1v) is 7.70. The van der Waals surface area contributed by atoms with E-state index in [0.29, 0.717) is 11.8 Å². The molecule has 1 N–H and O–H groups in total. The lowest BCUT2D eigenvalue weighted by Gasteiger charge is -2.25. The van der Waals surface area contributed by atoms with Crippen molar-refractivity contribution in [3.05, 3.63) is 22.9 Å². The maximum Gasteiger partial charge on any atom is 0.133 e. The summed E-state index contributed by atoms with van der Waals surface area (Å²) in [6.07, 6.45) is 0. The molecule has 0 unspecified atom stereocenters. The fraction of sp³-hybridized carbons (Fsp3) is 0.706. The Kier molecular flexibility index (Phi) is 6.47. The van der Waals surface area contributed by atoms with Gasteiger partial charge >= 0.3 is 0 Å². The van der Waals surface area contributed by atoms with Gasteiger partial charge in [-0.05, 0) is 43.9 Å². The maximum absolute atomic E-state index is 4.77. The van der Waals surface area contributed by atoms with Crippen molar-refractivity contribution in [1.82, 2.24) is 10.3 Å². The van der Waals surface area contributed by atoms with E-state index in [-0.39, 0.29) is 0 Å². The van der Waals surface area contributed by atoms with Gasteiger partial charge in [0.25, 0.3) is 0 Å². The first-order valence-electron chi connectivity index (χ1n) is 7.70. The molecule has 0 aliphatic carbocycles. The fourth-order valence-corrected chi connectivity index (χ4v) is 2.50. The molecule has 0 saturated carbocycles. The number of anilines is 1. The Morgan fingerprint density at radius 1 is 1.15 bits per heavy atom. The van der Waals surface area contributed by atoms with Crippen LogP contribution in [0, 0.1) is 25.7 Å². The Morgan fingerprint density at radius 3 is 2.35 bits per heavy atom. The highest BCUT2D eigenvalue weighted by atomic mass is 15.2. The largest absolute Gasteiger partial charge is 0.359 e. The molecule has 0 radical (unpaired) electrons. The van der Waals surface area contributed by atoms with E-state index in [4.69, 9.17) is 4.98 Å². The molecule has 1 aromatic rings. The lowest BCUT2D eigenvalue weighted by atomic mass is 10.1. The molecule has 3 heteroatoms. The molecular weight excluding hydrogens is 246 g/mol. The van der Waals surface area contributed by atoms with Gasteiger partial charge in [0.05, 0.1) is 0 Å². The highest BCUT2D eigenvalue weighted by Gasteiger charge is 2.13. The molecule has 0 amide bonds. The number of aryl methyl sites for hydroxylation is 2. The molecule has 0 bridgehead atoms. The van der Waals surface area contributed by atoms with Crippen LogP contribution in [-0.2, 0) is 6.54 Å². The van der Waals surface area contributed by atoms with Crippen molar-refractivity contribution in [2.45, 2.75) is 48.1 Å². The summed E-state index contributed by atoms with van der Waals surface area (Å²) in [5, 5.41) is 3.54. The number of hydrogen-bond donors (Lipinski definition) is 1. The highest BCUT2D eigenvalue weighted by molar-refractivity contribution is 5.51. The molecule has 0 atom stereocenters. The summed E-state index contributed by atoms with van der Waals surface area (Å²) >= 11 is 0. The molecule has 1 aromatic heterocycles. The monoisotopic (exact) mass is 277 g/mol. The Morgan fingerprint density at radius 2 is 1.80 bits per heavy atom. The molecule has 0 saturated heterocycles. The van der Waals surface area contributed by atoms with E-state index in [9.17, 15) is 0 Å². The van der Waals surface area contributed by atoms with Gasteiger partial charge in [-0.1, -0.05) is 27.7 Å². The van der Waals surface area contributed by atoms with Crippen LogP contribution in [0.5, 0.6) is 0 Å². The van der Waals surface area contributed by atoms with Crippen LogP contribution in [0.25, 0.3) is 0 Å². The van der Waals surface area contributed by atoms with Gasteiger partial charge < -0.3 is 10.2 Å². The highest BCUT2D eigenvalue weighted by Crippen LogP contribution is 2.22. The summed E-state index contributed by atoms with van der Waals surface area (Å²) in [7, 11) is 2.15. The predicted octanol–water partition coefficient (Wildman–Crippen LogP) is 3.54. The Bertz CT molecular complexity index is 424. The standard InChI is InChI=1S/C17H31N3/c1-12(2)9-18-10-16-14(5)8-15(6)19-17(16)20(7)11-13(3)4/h8,12-13,18H,9-11H2,1-7H3. The first kappa shape index (κ1) is 17.0. The van der Waals surface area contributed by atoms with Crippen molar-refractivity contribution in [2.75, 3.05) is 25.0 Å². The third kappa shape index (κ3) is 5.12. The van der Waals surface area contributed by atoms with Crippen molar-refractivity contribution in [3.8, 4) is 0 Å². The van der Waals surface area contributed by atoms with Gasteiger partial charge in [0.15, 0.2) is 0 Å².